The molecule has 0 saturated carbocycles. The first-order valence-corrected chi connectivity index (χ1v) is 5.84. The fraction of sp³-hybridized carbons (Fsp3) is 0. The number of nitrogens with zero attached hydrogens (tertiary/aromatic N) is 2. The molecule has 0 atom stereocenters. The van der Waals surface area contributed by atoms with Gasteiger partial charge in [-0.2, -0.15) is 0 Å². The summed E-state index contributed by atoms with van der Waals surface area (Å²) < 4.78 is 0. The van der Waals surface area contributed by atoms with Gasteiger partial charge in [-0.1, -0.05) is 36.4 Å². The van der Waals surface area contributed by atoms with Crippen LogP contribution in [0.2, 0.25) is 0 Å². The lowest BCUT2D eigenvalue weighted by molar-refractivity contribution is -0.384. The second-order valence-electron chi connectivity index (χ2n) is 4.22. The lowest BCUT2D eigenvalue weighted by atomic mass is 10.1. The maximum atomic E-state index is 10.8. The maximum Gasteiger partial charge on any atom is 0.270 e. The van der Waals surface area contributed by atoms with Crippen molar-refractivity contribution in [2.24, 2.45) is 0 Å². The molecule has 3 rings (SSSR count). The summed E-state index contributed by atoms with van der Waals surface area (Å²) in [6.07, 6.45) is 1.78. The Morgan fingerprint density at radius 2 is 1.74 bits per heavy atom. The molecular weight excluding hydrogens is 240 g/mol. The van der Waals surface area contributed by atoms with E-state index < -0.39 is 4.92 Å². The average Bonchev–Trinajstić information content (AvgIpc) is 2.47. The average molecular weight is 250 g/mol. The topological polar surface area (TPSA) is 56.0 Å². The van der Waals surface area contributed by atoms with E-state index in [1.165, 1.54) is 12.1 Å². The van der Waals surface area contributed by atoms with Gasteiger partial charge in [0.15, 0.2) is 0 Å². The van der Waals surface area contributed by atoms with E-state index >= 15 is 0 Å². The van der Waals surface area contributed by atoms with Crippen LogP contribution in [0, 0.1) is 10.1 Å². The van der Waals surface area contributed by atoms with Crippen LogP contribution in [-0.4, -0.2) is 9.91 Å². The van der Waals surface area contributed by atoms with E-state index in [1.807, 2.05) is 36.4 Å². The Balaban J connectivity index is 2.13. The van der Waals surface area contributed by atoms with Crippen molar-refractivity contribution in [3.63, 3.8) is 0 Å². The molecule has 0 radical (unpaired) electrons. The van der Waals surface area contributed by atoms with E-state index in [9.17, 15) is 10.1 Å². The molecule has 0 unspecified atom stereocenters. The molecule has 2 aromatic carbocycles. The van der Waals surface area contributed by atoms with Gasteiger partial charge >= 0.3 is 0 Å². The Hall–Kier alpha value is -2.75. The molecule has 0 N–H and O–H groups in total. The fourth-order valence-electron chi connectivity index (χ4n) is 2.02. The number of non-ortho nitro benzene ring substituents is 1. The molecule has 0 saturated heterocycles. The number of nitro groups is 1. The summed E-state index contributed by atoms with van der Waals surface area (Å²) in [5.41, 5.74) is 1.56. The van der Waals surface area contributed by atoms with Crippen LogP contribution >= 0.6 is 0 Å². The van der Waals surface area contributed by atoms with Crippen molar-refractivity contribution in [3.8, 4) is 11.3 Å². The van der Waals surface area contributed by atoms with E-state index in [1.54, 1.807) is 12.3 Å². The molecule has 92 valence electrons. The van der Waals surface area contributed by atoms with Crippen LogP contribution in [-0.2, 0) is 0 Å². The van der Waals surface area contributed by atoms with Crippen molar-refractivity contribution in [2.45, 2.75) is 0 Å². The normalized spacial score (nSPS) is 10.5. The van der Waals surface area contributed by atoms with Crippen molar-refractivity contribution in [2.75, 3.05) is 0 Å². The first kappa shape index (κ1) is 11.3. The summed E-state index contributed by atoms with van der Waals surface area (Å²) in [6.45, 7) is 0. The van der Waals surface area contributed by atoms with E-state index in [2.05, 4.69) is 4.98 Å². The van der Waals surface area contributed by atoms with Crippen molar-refractivity contribution in [3.05, 3.63) is 70.9 Å². The van der Waals surface area contributed by atoms with Crippen molar-refractivity contribution >= 4 is 16.5 Å². The monoisotopic (exact) mass is 250 g/mol. The molecule has 1 aromatic heterocycles. The number of nitro benzene ring substituents is 1. The number of rotatable bonds is 2. The van der Waals surface area contributed by atoms with Gasteiger partial charge in [0, 0.05) is 29.3 Å². The third-order valence-electron chi connectivity index (χ3n) is 2.98. The predicted molar refractivity (Wildman–Crippen MR) is 73.8 cm³/mol. The largest absolute Gasteiger partial charge is 0.270 e. The summed E-state index contributed by atoms with van der Waals surface area (Å²) >= 11 is 0. The molecule has 3 aromatic rings. The lowest BCUT2D eigenvalue weighted by Crippen LogP contribution is -1.89. The number of hydrogen-bond donors (Lipinski definition) is 0. The molecule has 4 heteroatoms. The van der Waals surface area contributed by atoms with Crippen LogP contribution in [0.1, 0.15) is 0 Å². The summed E-state index contributed by atoms with van der Waals surface area (Å²) in [5, 5.41) is 12.9. The van der Waals surface area contributed by atoms with Crippen LogP contribution in [0.5, 0.6) is 0 Å². The Morgan fingerprint density at radius 1 is 0.947 bits per heavy atom. The van der Waals surface area contributed by atoms with Crippen LogP contribution in [0.4, 0.5) is 5.69 Å². The molecule has 0 spiro atoms. The van der Waals surface area contributed by atoms with Gasteiger partial charge in [-0.15, -0.1) is 0 Å². The minimum Gasteiger partial charge on any atom is -0.258 e. The van der Waals surface area contributed by atoms with Gasteiger partial charge in [-0.25, -0.2) is 0 Å². The van der Waals surface area contributed by atoms with E-state index in [0.29, 0.717) is 0 Å². The summed E-state index contributed by atoms with van der Waals surface area (Å²) in [7, 11) is 0. The highest BCUT2D eigenvalue weighted by molar-refractivity contribution is 5.85. The van der Waals surface area contributed by atoms with Gasteiger partial charge in [0.05, 0.1) is 10.6 Å². The summed E-state index contributed by atoms with van der Waals surface area (Å²) in [6, 6.07) is 16.3. The summed E-state index contributed by atoms with van der Waals surface area (Å²) in [5.74, 6) is 0. The molecule has 0 aliphatic heterocycles. The second-order valence-corrected chi connectivity index (χ2v) is 4.22. The van der Waals surface area contributed by atoms with Crippen LogP contribution < -0.4 is 0 Å². The Labute approximate surface area is 109 Å². The molecule has 0 bridgehead atoms. The first-order chi connectivity index (χ1) is 9.24. The number of hydrogen-bond acceptors (Lipinski definition) is 3. The van der Waals surface area contributed by atoms with Crippen LogP contribution in [0.15, 0.2) is 60.8 Å². The molecule has 0 fully saturated rings. The number of pyridine rings is 1. The molecule has 4 nitrogen and oxygen atoms in total. The SMILES string of the molecule is O=[N+]([O-])c1cccc(-c2cc3ccccc3cn2)c1. The van der Waals surface area contributed by atoms with Crippen molar-refractivity contribution in [1.82, 2.24) is 4.98 Å². The zero-order valence-corrected chi connectivity index (χ0v) is 9.98. The maximum absolute atomic E-state index is 10.8. The molecular formula is C15H10N2O2. The molecule has 0 aliphatic carbocycles. The first-order valence-electron chi connectivity index (χ1n) is 5.84. The minimum atomic E-state index is -0.398. The molecule has 19 heavy (non-hydrogen) atoms. The smallest absolute Gasteiger partial charge is 0.258 e. The highest BCUT2D eigenvalue weighted by Gasteiger charge is 2.08. The number of fused-ring (bicyclic) bond motifs is 1. The Morgan fingerprint density at radius 3 is 2.53 bits per heavy atom. The zero-order chi connectivity index (χ0) is 13.2. The summed E-state index contributed by atoms with van der Waals surface area (Å²) in [4.78, 5) is 14.7. The van der Waals surface area contributed by atoms with Crippen LogP contribution in [0.25, 0.3) is 22.0 Å². The second kappa shape index (κ2) is 4.49. The molecule has 0 aliphatic rings. The third-order valence-corrected chi connectivity index (χ3v) is 2.98. The van der Waals surface area contributed by atoms with Gasteiger partial charge in [0.1, 0.15) is 0 Å². The fourth-order valence-corrected chi connectivity index (χ4v) is 2.02. The predicted octanol–water partition coefficient (Wildman–Crippen LogP) is 3.81. The number of benzene rings is 2. The van der Waals surface area contributed by atoms with Gasteiger partial charge < -0.3 is 0 Å². The standard InChI is InChI=1S/C15H10N2O2/c18-17(19)14-7-3-6-12(8-14)15-9-11-4-1-2-5-13(11)10-16-15/h1-10H. The zero-order valence-electron chi connectivity index (χ0n) is 9.98. The minimum absolute atomic E-state index is 0.0764. The quantitative estimate of drug-likeness (QED) is 0.513. The third kappa shape index (κ3) is 2.15. The Kier molecular flexibility index (Phi) is 2.68. The van der Waals surface area contributed by atoms with E-state index in [4.69, 9.17) is 0 Å². The van der Waals surface area contributed by atoms with Gasteiger partial charge in [0.2, 0.25) is 0 Å². The van der Waals surface area contributed by atoms with Crippen molar-refractivity contribution < 1.29 is 4.92 Å². The highest BCUT2D eigenvalue weighted by Crippen LogP contribution is 2.24. The Bertz CT molecular complexity index is 769. The number of aromatic nitrogens is 1. The van der Waals surface area contributed by atoms with E-state index in [-0.39, 0.29) is 5.69 Å². The van der Waals surface area contributed by atoms with E-state index in [0.717, 1.165) is 22.0 Å². The van der Waals surface area contributed by atoms with Gasteiger partial charge in [0.25, 0.3) is 5.69 Å². The van der Waals surface area contributed by atoms with Crippen molar-refractivity contribution in [1.29, 1.82) is 0 Å². The lowest BCUT2D eigenvalue weighted by Gasteiger charge is -2.03. The van der Waals surface area contributed by atoms with Crippen LogP contribution in [0.3, 0.4) is 0 Å². The highest BCUT2D eigenvalue weighted by atomic mass is 16.6. The van der Waals surface area contributed by atoms with Gasteiger partial charge in [-0.05, 0) is 11.5 Å². The molecule has 0 amide bonds. The molecule has 1 heterocycles. The van der Waals surface area contributed by atoms with Gasteiger partial charge in [-0.3, -0.25) is 15.1 Å².